The zero-order valence-electron chi connectivity index (χ0n) is 17.9. The second kappa shape index (κ2) is 9.51. The van der Waals surface area contributed by atoms with Crippen molar-refractivity contribution in [1.82, 2.24) is 15.5 Å². The summed E-state index contributed by atoms with van der Waals surface area (Å²) < 4.78 is 11.1. The number of H-pyrrole nitrogens is 1. The van der Waals surface area contributed by atoms with Gasteiger partial charge in [0, 0.05) is 35.6 Å². The van der Waals surface area contributed by atoms with Crippen LogP contribution < -0.4 is 10.1 Å². The summed E-state index contributed by atoms with van der Waals surface area (Å²) in [6.45, 7) is 4.90. The molecule has 0 fully saturated rings. The van der Waals surface area contributed by atoms with Crippen LogP contribution >= 0.6 is 0 Å². The van der Waals surface area contributed by atoms with Gasteiger partial charge in [0.15, 0.2) is 0 Å². The number of hydrogen-bond donors (Lipinski definition) is 2. The third kappa shape index (κ3) is 5.15. The second-order valence-corrected chi connectivity index (χ2v) is 7.70. The van der Waals surface area contributed by atoms with Gasteiger partial charge in [-0.1, -0.05) is 35.5 Å². The van der Waals surface area contributed by atoms with Crippen LogP contribution in [0.25, 0.3) is 10.9 Å². The molecule has 6 heteroatoms. The summed E-state index contributed by atoms with van der Waals surface area (Å²) in [5.74, 6) is 1.65. The molecule has 0 radical (unpaired) electrons. The van der Waals surface area contributed by atoms with Gasteiger partial charge in [-0.3, -0.25) is 4.79 Å². The maximum Gasteiger partial charge on any atom is 0.220 e. The molecule has 4 aromatic rings. The van der Waals surface area contributed by atoms with E-state index in [1.807, 2.05) is 50.4 Å². The summed E-state index contributed by atoms with van der Waals surface area (Å²) in [5, 5.41) is 8.07. The van der Waals surface area contributed by atoms with Gasteiger partial charge < -0.3 is 19.6 Å². The molecular formula is C25H27N3O3. The minimum Gasteiger partial charge on any atom is -0.489 e. The minimum absolute atomic E-state index is 0.0340. The SMILES string of the molecule is Cc1noc(C)c1CCC(=O)NCCc1c[nH]c2ccc(OCc3ccccc3)cc12. The summed E-state index contributed by atoms with van der Waals surface area (Å²) in [4.78, 5) is 15.5. The normalized spacial score (nSPS) is 11.0. The maximum absolute atomic E-state index is 12.2. The maximum atomic E-state index is 12.2. The number of amides is 1. The Morgan fingerprint density at radius 2 is 1.97 bits per heavy atom. The van der Waals surface area contributed by atoms with E-state index in [0.29, 0.717) is 26.0 Å². The third-order valence-corrected chi connectivity index (χ3v) is 5.49. The van der Waals surface area contributed by atoms with Crippen LogP contribution in [-0.2, 0) is 24.2 Å². The zero-order valence-corrected chi connectivity index (χ0v) is 17.9. The predicted molar refractivity (Wildman–Crippen MR) is 120 cm³/mol. The third-order valence-electron chi connectivity index (χ3n) is 5.49. The number of carbonyl (C=O) groups excluding carboxylic acids is 1. The van der Waals surface area contributed by atoms with Crippen LogP contribution in [0.15, 0.2) is 59.3 Å². The highest BCUT2D eigenvalue weighted by molar-refractivity contribution is 5.84. The Morgan fingerprint density at radius 3 is 2.74 bits per heavy atom. The number of ether oxygens (including phenoxy) is 1. The largest absolute Gasteiger partial charge is 0.489 e. The topological polar surface area (TPSA) is 80.2 Å². The highest BCUT2D eigenvalue weighted by atomic mass is 16.5. The van der Waals surface area contributed by atoms with Crippen LogP contribution in [0.5, 0.6) is 5.75 Å². The second-order valence-electron chi connectivity index (χ2n) is 7.70. The number of hydrogen-bond acceptors (Lipinski definition) is 4. The molecule has 0 saturated carbocycles. The van der Waals surface area contributed by atoms with Crippen molar-refractivity contribution in [3.05, 3.63) is 82.9 Å². The van der Waals surface area contributed by atoms with E-state index in [0.717, 1.165) is 51.2 Å². The van der Waals surface area contributed by atoms with Crippen molar-refractivity contribution < 1.29 is 14.1 Å². The van der Waals surface area contributed by atoms with Crippen molar-refractivity contribution in [2.24, 2.45) is 0 Å². The van der Waals surface area contributed by atoms with Crippen molar-refractivity contribution in [3.63, 3.8) is 0 Å². The molecule has 0 spiro atoms. The first-order chi connectivity index (χ1) is 15.1. The fourth-order valence-electron chi connectivity index (χ4n) is 3.72. The van der Waals surface area contributed by atoms with Crippen LogP contribution in [0.3, 0.4) is 0 Å². The fraction of sp³-hybridized carbons (Fsp3) is 0.280. The van der Waals surface area contributed by atoms with E-state index in [-0.39, 0.29) is 5.91 Å². The van der Waals surface area contributed by atoms with Gasteiger partial charge in [0.1, 0.15) is 18.1 Å². The molecule has 6 nitrogen and oxygen atoms in total. The molecule has 0 unspecified atom stereocenters. The average molecular weight is 418 g/mol. The van der Waals surface area contributed by atoms with Crippen molar-refractivity contribution in [1.29, 1.82) is 0 Å². The summed E-state index contributed by atoms with van der Waals surface area (Å²) in [6, 6.07) is 16.2. The van der Waals surface area contributed by atoms with Crippen molar-refractivity contribution in [2.75, 3.05) is 6.54 Å². The van der Waals surface area contributed by atoms with Gasteiger partial charge in [-0.2, -0.15) is 0 Å². The number of carbonyl (C=O) groups is 1. The summed E-state index contributed by atoms with van der Waals surface area (Å²) >= 11 is 0. The first-order valence-electron chi connectivity index (χ1n) is 10.6. The fourth-order valence-corrected chi connectivity index (χ4v) is 3.72. The Hall–Kier alpha value is -3.54. The lowest BCUT2D eigenvalue weighted by Gasteiger charge is -2.08. The molecule has 0 bridgehead atoms. The molecule has 0 saturated heterocycles. The van der Waals surface area contributed by atoms with Crippen molar-refractivity contribution in [3.8, 4) is 5.75 Å². The molecule has 31 heavy (non-hydrogen) atoms. The Labute approximate surface area is 181 Å². The number of fused-ring (bicyclic) bond motifs is 1. The standard InChI is InChI=1S/C25H27N3O3/c1-17-22(18(2)31-28-17)9-11-25(29)26-13-12-20-15-27-24-10-8-21(14-23(20)24)30-16-19-6-4-3-5-7-19/h3-8,10,14-15,27H,9,11-13,16H2,1-2H3,(H,26,29). The van der Waals surface area contributed by atoms with Gasteiger partial charge in [-0.05, 0) is 56.0 Å². The van der Waals surface area contributed by atoms with Crippen LogP contribution in [-0.4, -0.2) is 22.6 Å². The molecule has 1 amide bonds. The quantitative estimate of drug-likeness (QED) is 0.416. The first kappa shape index (κ1) is 20.7. The molecule has 2 N–H and O–H groups in total. The molecule has 2 heterocycles. The Morgan fingerprint density at radius 1 is 1.13 bits per heavy atom. The number of nitrogens with one attached hydrogen (secondary N) is 2. The lowest BCUT2D eigenvalue weighted by Crippen LogP contribution is -2.25. The van der Waals surface area contributed by atoms with Crippen LogP contribution in [0, 0.1) is 13.8 Å². The van der Waals surface area contributed by atoms with Gasteiger partial charge in [0.05, 0.1) is 5.69 Å². The monoisotopic (exact) mass is 417 g/mol. The van der Waals surface area contributed by atoms with Gasteiger partial charge in [-0.15, -0.1) is 0 Å². The van der Waals surface area contributed by atoms with E-state index in [4.69, 9.17) is 9.26 Å². The minimum atomic E-state index is 0.0340. The van der Waals surface area contributed by atoms with Crippen LogP contribution in [0.2, 0.25) is 0 Å². The predicted octanol–water partition coefficient (Wildman–Crippen LogP) is 4.64. The van der Waals surface area contributed by atoms with E-state index in [2.05, 4.69) is 33.7 Å². The van der Waals surface area contributed by atoms with Crippen molar-refractivity contribution >= 4 is 16.8 Å². The Kier molecular flexibility index (Phi) is 6.36. The van der Waals surface area contributed by atoms with Gasteiger partial charge in [0.25, 0.3) is 0 Å². The number of rotatable bonds is 9. The molecule has 2 aromatic heterocycles. The number of aromatic amines is 1. The van der Waals surface area contributed by atoms with Crippen LogP contribution in [0.4, 0.5) is 0 Å². The van der Waals surface area contributed by atoms with Gasteiger partial charge >= 0.3 is 0 Å². The van der Waals surface area contributed by atoms with E-state index < -0.39 is 0 Å². The average Bonchev–Trinajstić information content (AvgIpc) is 3.34. The van der Waals surface area contributed by atoms with E-state index >= 15 is 0 Å². The van der Waals surface area contributed by atoms with Crippen LogP contribution in [0.1, 0.15) is 34.6 Å². The lowest BCUT2D eigenvalue weighted by molar-refractivity contribution is -0.121. The number of nitrogens with zero attached hydrogens (tertiary/aromatic N) is 1. The number of aromatic nitrogens is 2. The molecule has 2 aromatic carbocycles. The van der Waals surface area contributed by atoms with Gasteiger partial charge in [-0.25, -0.2) is 0 Å². The summed E-state index contributed by atoms with van der Waals surface area (Å²) in [6.07, 6.45) is 3.82. The van der Waals surface area contributed by atoms with E-state index in [1.54, 1.807) is 0 Å². The smallest absolute Gasteiger partial charge is 0.220 e. The molecular weight excluding hydrogens is 390 g/mol. The van der Waals surface area contributed by atoms with Gasteiger partial charge in [0.2, 0.25) is 5.91 Å². The molecule has 160 valence electrons. The van der Waals surface area contributed by atoms with E-state index in [1.165, 1.54) is 0 Å². The van der Waals surface area contributed by atoms with E-state index in [9.17, 15) is 4.79 Å². The molecule has 0 atom stereocenters. The first-order valence-corrected chi connectivity index (χ1v) is 10.6. The lowest BCUT2D eigenvalue weighted by atomic mass is 10.1. The molecule has 0 aliphatic heterocycles. The zero-order chi connectivity index (χ0) is 21.6. The highest BCUT2D eigenvalue weighted by Gasteiger charge is 2.11. The number of aryl methyl sites for hydroxylation is 2. The molecule has 0 aliphatic carbocycles. The molecule has 4 rings (SSSR count). The molecule has 0 aliphatic rings. The Balaban J connectivity index is 1.30. The number of benzene rings is 2. The Bertz CT molecular complexity index is 1140. The summed E-state index contributed by atoms with van der Waals surface area (Å²) in [7, 11) is 0. The highest BCUT2D eigenvalue weighted by Crippen LogP contribution is 2.24. The summed E-state index contributed by atoms with van der Waals surface area (Å²) in [5.41, 5.74) is 5.23. The van der Waals surface area contributed by atoms with Crippen molar-refractivity contribution in [2.45, 2.75) is 39.7 Å².